The Kier molecular flexibility index (Phi) is 11.3. The van der Waals surface area contributed by atoms with Crippen molar-refractivity contribution < 1.29 is 9.53 Å². The summed E-state index contributed by atoms with van der Waals surface area (Å²) < 4.78 is 5.55. The number of hydrogen-bond acceptors (Lipinski definition) is 3. The molecule has 0 spiro atoms. The van der Waals surface area contributed by atoms with E-state index in [-0.39, 0.29) is 0 Å². The molecule has 6 heteroatoms. The van der Waals surface area contributed by atoms with E-state index in [1.165, 1.54) is 6.42 Å². The minimum atomic E-state index is 0.312. The first-order valence-electron chi connectivity index (χ1n) is 9.54. The molecule has 1 saturated heterocycles. The van der Waals surface area contributed by atoms with Gasteiger partial charge < -0.3 is 20.3 Å². The van der Waals surface area contributed by atoms with Crippen LogP contribution in [0.3, 0.4) is 0 Å². The molecule has 140 valence electrons. The number of aliphatic imine (C=N–C) groups is 1. The lowest BCUT2D eigenvalue weighted by molar-refractivity contribution is -0.129. The highest BCUT2D eigenvalue weighted by atomic mass is 16.5. The van der Waals surface area contributed by atoms with Gasteiger partial charge in [0.1, 0.15) is 0 Å². The van der Waals surface area contributed by atoms with Crippen molar-refractivity contribution >= 4 is 11.9 Å². The average molecular weight is 341 g/mol. The number of ether oxygens (including phenoxy) is 1. The second-order valence-corrected chi connectivity index (χ2v) is 6.29. The first-order chi connectivity index (χ1) is 11.7. The number of guanidine groups is 1. The molecule has 1 aliphatic rings. The second kappa shape index (κ2) is 13.0. The number of nitrogens with zero attached hydrogens (tertiary/aromatic N) is 2. The zero-order valence-electron chi connectivity index (χ0n) is 15.8. The Morgan fingerprint density at radius 2 is 2.00 bits per heavy atom. The summed E-state index contributed by atoms with van der Waals surface area (Å²) >= 11 is 0. The normalized spacial score (nSPS) is 16.5. The monoisotopic (exact) mass is 340 g/mol. The second-order valence-electron chi connectivity index (χ2n) is 6.29. The first kappa shape index (κ1) is 20.7. The van der Waals surface area contributed by atoms with E-state index in [0.29, 0.717) is 18.4 Å². The van der Waals surface area contributed by atoms with E-state index in [1.54, 1.807) is 7.05 Å². The maximum absolute atomic E-state index is 11.9. The maximum atomic E-state index is 11.9. The fourth-order valence-electron chi connectivity index (χ4n) is 2.94. The number of amides is 1. The molecule has 1 aliphatic heterocycles. The predicted molar refractivity (Wildman–Crippen MR) is 99.4 cm³/mol. The molecule has 0 aromatic rings. The van der Waals surface area contributed by atoms with Crippen LogP contribution in [0.25, 0.3) is 0 Å². The van der Waals surface area contributed by atoms with Gasteiger partial charge in [-0.2, -0.15) is 0 Å². The molecule has 0 aromatic heterocycles. The number of hydrogen-bond donors (Lipinski definition) is 2. The number of nitrogens with one attached hydrogen (secondary N) is 2. The van der Waals surface area contributed by atoms with Crippen LogP contribution in [0.15, 0.2) is 4.99 Å². The molecule has 1 fully saturated rings. The van der Waals surface area contributed by atoms with Gasteiger partial charge in [0.2, 0.25) is 5.91 Å². The summed E-state index contributed by atoms with van der Waals surface area (Å²) in [6, 6.07) is 0.345. The van der Waals surface area contributed by atoms with Crippen molar-refractivity contribution in [1.82, 2.24) is 15.5 Å². The lowest BCUT2D eigenvalue weighted by Gasteiger charge is -2.27. The van der Waals surface area contributed by atoms with E-state index in [4.69, 9.17) is 4.74 Å². The van der Waals surface area contributed by atoms with Crippen LogP contribution in [0.4, 0.5) is 0 Å². The van der Waals surface area contributed by atoms with Crippen LogP contribution in [0.5, 0.6) is 0 Å². The molecule has 0 bridgehead atoms. The van der Waals surface area contributed by atoms with E-state index in [1.807, 2.05) is 4.90 Å². The van der Waals surface area contributed by atoms with Gasteiger partial charge in [0, 0.05) is 52.4 Å². The zero-order chi connectivity index (χ0) is 17.6. The Labute approximate surface area is 147 Å². The van der Waals surface area contributed by atoms with Crippen molar-refractivity contribution in [3.05, 3.63) is 0 Å². The van der Waals surface area contributed by atoms with Gasteiger partial charge in [0.25, 0.3) is 0 Å². The molecular weight excluding hydrogens is 304 g/mol. The van der Waals surface area contributed by atoms with Crippen molar-refractivity contribution in [3.63, 3.8) is 0 Å². The molecular formula is C18H36N4O2. The number of likely N-dealkylation sites (tertiary alicyclic amines) is 1. The average Bonchev–Trinajstić information content (AvgIpc) is 3.02. The summed E-state index contributed by atoms with van der Waals surface area (Å²) in [6.45, 7) is 8.58. The van der Waals surface area contributed by atoms with Crippen LogP contribution in [0, 0.1) is 0 Å². The Morgan fingerprint density at radius 3 is 2.62 bits per heavy atom. The highest BCUT2D eigenvalue weighted by Crippen LogP contribution is 2.17. The van der Waals surface area contributed by atoms with E-state index < -0.39 is 0 Å². The lowest BCUT2D eigenvalue weighted by Crippen LogP contribution is -2.42. The van der Waals surface area contributed by atoms with Crippen LogP contribution in [-0.4, -0.2) is 62.7 Å². The van der Waals surface area contributed by atoms with Gasteiger partial charge in [-0.05, 0) is 32.1 Å². The predicted octanol–water partition coefficient (Wildman–Crippen LogP) is 2.15. The van der Waals surface area contributed by atoms with Gasteiger partial charge in [-0.25, -0.2) is 0 Å². The summed E-state index contributed by atoms with van der Waals surface area (Å²) in [7, 11) is 1.79. The summed E-state index contributed by atoms with van der Waals surface area (Å²) in [6.07, 6.45) is 6.98. The van der Waals surface area contributed by atoms with E-state index in [0.717, 1.165) is 70.9 Å². The summed E-state index contributed by atoms with van der Waals surface area (Å²) in [4.78, 5) is 18.1. The molecule has 24 heavy (non-hydrogen) atoms. The van der Waals surface area contributed by atoms with Crippen LogP contribution in [0.1, 0.15) is 58.8 Å². The van der Waals surface area contributed by atoms with E-state index in [2.05, 4.69) is 29.5 Å². The van der Waals surface area contributed by atoms with Crippen LogP contribution in [-0.2, 0) is 9.53 Å². The third-order valence-electron chi connectivity index (χ3n) is 4.42. The minimum absolute atomic E-state index is 0.312. The Bertz CT molecular complexity index is 374. The number of rotatable bonds is 12. The molecule has 0 saturated carbocycles. The molecule has 1 amide bonds. The molecule has 6 nitrogen and oxygen atoms in total. The van der Waals surface area contributed by atoms with Crippen molar-refractivity contribution in [2.24, 2.45) is 4.99 Å². The number of unbranched alkanes of at least 4 members (excludes halogenated alkanes) is 1. The Morgan fingerprint density at radius 1 is 1.25 bits per heavy atom. The molecule has 0 aromatic carbocycles. The molecule has 1 atom stereocenters. The minimum Gasteiger partial charge on any atom is -0.381 e. The first-order valence-corrected chi connectivity index (χ1v) is 9.54. The van der Waals surface area contributed by atoms with E-state index >= 15 is 0 Å². The van der Waals surface area contributed by atoms with E-state index in [9.17, 15) is 4.79 Å². The standard InChI is InChI=1S/C18H36N4O2/c1-4-6-14-24-15-8-11-20-18(19-3)21-12-10-16(5-2)22-13-7-9-17(22)23/h16H,4-15H2,1-3H3,(H2,19,20,21). The molecule has 0 aliphatic carbocycles. The van der Waals surface area contributed by atoms with Crippen molar-refractivity contribution in [2.75, 3.05) is 39.9 Å². The SMILES string of the molecule is CCCCOCCCNC(=NC)NCCC(CC)N1CCCC1=O. The maximum Gasteiger partial charge on any atom is 0.222 e. The van der Waals surface area contributed by atoms with Gasteiger partial charge >= 0.3 is 0 Å². The van der Waals surface area contributed by atoms with Gasteiger partial charge in [-0.15, -0.1) is 0 Å². The van der Waals surface area contributed by atoms with Crippen LogP contribution in [0.2, 0.25) is 0 Å². The summed E-state index contributed by atoms with van der Waals surface area (Å²) in [5.41, 5.74) is 0. The van der Waals surface area contributed by atoms with Gasteiger partial charge in [0.15, 0.2) is 5.96 Å². The lowest BCUT2D eigenvalue weighted by atomic mass is 10.1. The topological polar surface area (TPSA) is 66.0 Å². The Balaban J connectivity index is 2.13. The zero-order valence-corrected chi connectivity index (χ0v) is 15.8. The molecule has 1 rings (SSSR count). The van der Waals surface area contributed by atoms with Gasteiger partial charge in [-0.1, -0.05) is 20.3 Å². The molecule has 0 radical (unpaired) electrons. The van der Waals surface area contributed by atoms with Crippen LogP contribution < -0.4 is 10.6 Å². The summed E-state index contributed by atoms with van der Waals surface area (Å²) in [5.74, 6) is 1.14. The van der Waals surface area contributed by atoms with Crippen LogP contribution >= 0.6 is 0 Å². The van der Waals surface area contributed by atoms with Gasteiger partial charge in [-0.3, -0.25) is 9.79 Å². The van der Waals surface area contributed by atoms with Crippen molar-refractivity contribution in [1.29, 1.82) is 0 Å². The molecule has 1 heterocycles. The third-order valence-corrected chi connectivity index (χ3v) is 4.42. The quantitative estimate of drug-likeness (QED) is 0.325. The van der Waals surface area contributed by atoms with Gasteiger partial charge in [0.05, 0.1) is 0 Å². The van der Waals surface area contributed by atoms with Crippen molar-refractivity contribution in [2.45, 2.75) is 64.8 Å². The number of carbonyl (C=O) groups is 1. The fraction of sp³-hybridized carbons (Fsp3) is 0.889. The van der Waals surface area contributed by atoms with Crippen molar-refractivity contribution in [3.8, 4) is 0 Å². The molecule has 2 N–H and O–H groups in total. The summed E-state index contributed by atoms with van der Waals surface area (Å²) in [5, 5.41) is 6.65. The highest BCUT2D eigenvalue weighted by molar-refractivity contribution is 5.79. The largest absolute Gasteiger partial charge is 0.381 e. The third kappa shape index (κ3) is 7.99. The fourth-order valence-corrected chi connectivity index (χ4v) is 2.94. The molecule has 1 unspecified atom stereocenters. The number of carbonyl (C=O) groups excluding carboxylic acids is 1. The smallest absolute Gasteiger partial charge is 0.222 e. The highest BCUT2D eigenvalue weighted by Gasteiger charge is 2.26. The Hall–Kier alpha value is -1.30.